The van der Waals surface area contributed by atoms with Gasteiger partial charge in [-0.15, -0.1) is 0 Å². The average molecular weight is 158 g/mol. The van der Waals surface area contributed by atoms with E-state index in [9.17, 15) is 0 Å². The van der Waals surface area contributed by atoms with Crippen molar-refractivity contribution in [1.29, 1.82) is 0 Å². The molecule has 0 saturated carbocycles. The van der Waals surface area contributed by atoms with Crippen molar-refractivity contribution < 1.29 is 4.74 Å². The maximum atomic E-state index is 5.58. The molecule has 1 nitrogen and oxygen atoms in total. The SMILES string of the molecule is CCCCCOC(C)CCC. The molecule has 0 aromatic rings. The minimum atomic E-state index is 0.469. The Morgan fingerprint density at radius 2 is 1.82 bits per heavy atom. The number of hydrogen-bond acceptors (Lipinski definition) is 1. The van der Waals surface area contributed by atoms with E-state index in [-0.39, 0.29) is 0 Å². The quantitative estimate of drug-likeness (QED) is 0.516. The summed E-state index contributed by atoms with van der Waals surface area (Å²) in [6.45, 7) is 7.53. The van der Waals surface area contributed by atoms with E-state index in [0.29, 0.717) is 6.10 Å². The predicted octanol–water partition coefficient (Wildman–Crippen LogP) is 3.38. The summed E-state index contributed by atoms with van der Waals surface area (Å²) in [4.78, 5) is 0. The molecule has 0 bridgehead atoms. The van der Waals surface area contributed by atoms with Crippen molar-refractivity contribution in [3.8, 4) is 0 Å². The predicted molar refractivity (Wildman–Crippen MR) is 49.8 cm³/mol. The highest BCUT2D eigenvalue weighted by atomic mass is 16.5. The van der Waals surface area contributed by atoms with Crippen molar-refractivity contribution in [3.63, 3.8) is 0 Å². The molecule has 0 aliphatic carbocycles. The second-order valence-corrected chi connectivity index (χ2v) is 3.18. The minimum absolute atomic E-state index is 0.469. The van der Waals surface area contributed by atoms with Crippen molar-refractivity contribution in [2.24, 2.45) is 0 Å². The van der Waals surface area contributed by atoms with Gasteiger partial charge in [0.05, 0.1) is 6.10 Å². The van der Waals surface area contributed by atoms with Crippen molar-refractivity contribution in [2.45, 2.75) is 59.0 Å². The first kappa shape index (κ1) is 11.0. The first-order valence-electron chi connectivity index (χ1n) is 4.92. The van der Waals surface area contributed by atoms with Crippen molar-refractivity contribution in [3.05, 3.63) is 0 Å². The van der Waals surface area contributed by atoms with Crippen LogP contribution in [0.2, 0.25) is 0 Å². The fourth-order valence-corrected chi connectivity index (χ4v) is 1.13. The van der Waals surface area contributed by atoms with E-state index in [1.807, 2.05) is 0 Å². The van der Waals surface area contributed by atoms with Crippen LogP contribution in [0.25, 0.3) is 0 Å². The molecule has 0 N–H and O–H groups in total. The summed E-state index contributed by atoms with van der Waals surface area (Å²) < 4.78 is 5.58. The van der Waals surface area contributed by atoms with Crippen molar-refractivity contribution in [2.75, 3.05) is 6.61 Å². The molecule has 0 radical (unpaired) electrons. The molecular formula is C10H22O. The Kier molecular flexibility index (Phi) is 8.03. The summed E-state index contributed by atoms with van der Waals surface area (Å²) in [5, 5.41) is 0. The molecule has 1 unspecified atom stereocenters. The first-order chi connectivity index (χ1) is 5.31. The maximum absolute atomic E-state index is 5.58. The molecule has 0 aliphatic heterocycles. The van der Waals surface area contributed by atoms with Crippen LogP contribution in [-0.4, -0.2) is 12.7 Å². The lowest BCUT2D eigenvalue weighted by molar-refractivity contribution is 0.0573. The van der Waals surface area contributed by atoms with Gasteiger partial charge >= 0.3 is 0 Å². The van der Waals surface area contributed by atoms with Crippen LogP contribution >= 0.6 is 0 Å². The summed E-state index contributed by atoms with van der Waals surface area (Å²) in [7, 11) is 0. The van der Waals surface area contributed by atoms with Gasteiger partial charge in [-0.3, -0.25) is 0 Å². The molecule has 0 rings (SSSR count). The third kappa shape index (κ3) is 7.86. The van der Waals surface area contributed by atoms with E-state index in [2.05, 4.69) is 20.8 Å². The lowest BCUT2D eigenvalue weighted by atomic mass is 10.2. The second kappa shape index (κ2) is 8.06. The normalized spacial score (nSPS) is 13.4. The zero-order valence-electron chi connectivity index (χ0n) is 8.23. The molecule has 68 valence electrons. The molecule has 11 heavy (non-hydrogen) atoms. The standard InChI is InChI=1S/C10H22O/c1-4-6-7-9-11-10(3)8-5-2/h10H,4-9H2,1-3H3. The number of hydrogen-bond donors (Lipinski definition) is 0. The van der Waals surface area contributed by atoms with Gasteiger partial charge in [0.25, 0.3) is 0 Å². The Labute approximate surface area is 71.1 Å². The number of unbranched alkanes of at least 4 members (excludes halogenated alkanes) is 2. The Balaban J connectivity index is 2.97. The molecule has 1 atom stereocenters. The van der Waals surface area contributed by atoms with Crippen molar-refractivity contribution in [1.82, 2.24) is 0 Å². The van der Waals surface area contributed by atoms with Gasteiger partial charge in [-0.1, -0.05) is 33.1 Å². The average Bonchev–Trinajstić information content (AvgIpc) is 1.99. The zero-order chi connectivity index (χ0) is 8.53. The lowest BCUT2D eigenvalue weighted by Crippen LogP contribution is -2.08. The summed E-state index contributed by atoms with van der Waals surface area (Å²) in [5.41, 5.74) is 0. The fourth-order valence-electron chi connectivity index (χ4n) is 1.13. The van der Waals surface area contributed by atoms with E-state index in [0.717, 1.165) is 6.61 Å². The molecule has 0 amide bonds. The van der Waals surface area contributed by atoms with Gasteiger partial charge in [-0.25, -0.2) is 0 Å². The molecule has 0 fully saturated rings. The van der Waals surface area contributed by atoms with Crippen LogP contribution in [0.15, 0.2) is 0 Å². The highest BCUT2D eigenvalue weighted by molar-refractivity contribution is 4.47. The topological polar surface area (TPSA) is 9.23 Å². The van der Waals surface area contributed by atoms with Gasteiger partial charge in [-0.2, -0.15) is 0 Å². The molecule has 0 aromatic carbocycles. The highest BCUT2D eigenvalue weighted by Gasteiger charge is 1.98. The van der Waals surface area contributed by atoms with Crippen LogP contribution in [0, 0.1) is 0 Å². The fraction of sp³-hybridized carbons (Fsp3) is 1.00. The van der Waals surface area contributed by atoms with Crippen LogP contribution < -0.4 is 0 Å². The van der Waals surface area contributed by atoms with E-state index < -0.39 is 0 Å². The van der Waals surface area contributed by atoms with Crippen LogP contribution in [0.3, 0.4) is 0 Å². The molecule has 0 aliphatic rings. The summed E-state index contributed by atoms with van der Waals surface area (Å²) in [6.07, 6.45) is 6.72. The van der Waals surface area contributed by atoms with Crippen LogP contribution in [0.1, 0.15) is 52.9 Å². The Bertz CT molecular complexity index is 71.3. The maximum Gasteiger partial charge on any atom is 0.0546 e. The lowest BCUT2D eigenvalue weighted by Gasteiger charge is -2.10. The van der Waals surface area contributed by atoms with Crippen LogP contribution in [0.5, 0.6) is 0 Å². The Morgan fingerprint density at radius 1 is 1.09 bits per heavy atom. The molecular weight excluding hydrogens is 136 g/mol. The monoisotopic (exact) mass is 158 g/mol. The van der Waals surface area contributed by atoms with Crippen LogP contribution in [0.4, 0.5) is 0 Å². The largest absolute Gasteiger partial charge is 0.379 e. The zero-order valence-corrected chi connectivity index (χ0v) is 8.23. The third-order valence-electron chi connectivity index (χ3n) is 1.85. The summed E-state index contributed by atoms with van der Waals surface area (Å²) in [5.74, 6) is 0. The molecule has 0 saturated heterocycles. The smallest absolute Gasteiger partial charge is 0.0546 e. The number of ether oxygens (including phenoxy) is 1. The molecule has 0 aromatic heterocycles. The summed E-state index contributed by atoms with van der Waals surface area (Å²) in [6, 6.07) is 0. The van der Waals surface area contributed by atoms with Gasteiger partial charge in [-0.05, 0) is 19.8 Å². The van der Waals surface area contributed by atoms with Gasteiger partial charge in [0.1, 0.15) is 0 Å². The highest BCUT2D eigenvalue weighted by Crippen LogP contribution is 2.02. The third-order valence-corrected chi connectivity index (χ3v) is 1.85. The molecule has 1 heteroatoms. The Morgan fingerprint density at radius 3 is 2.36 bits per heavy atom. The van der Waals surface area contributed by atoms with E-state index in [1.165, 1.54) is 32.1 Å². The first-order valence-corrected chi connectivity index (χ1v) is 4.92. The van der Waals surface area contributed by atoms with Gasteiger partial charge < -0.3 is 4.74 Å². The molecule has 0 spiro atoms. The van der Waals surface area contributed by atoms with Gasteiger partial charge in [0.2, 0.25) is 0 Å². The number of rotatable bonds is 7. The second-order valence-electron chi connectivity index (χ2n) is 3.18. The minimum Gasteiger partial charge on any atom is -0.379 e. The van der Waals surface area contributed by atoms with Gasteiger partial charge in [0, 0.05) is 6.61 Å². The van der Waals surface area contributed by atoms with Crippen LogP contribution in [-0.2, 0) is 4.74 Å². The Hall–Kier alpha value is -0.0400. The van der Waals surface area contributed by atoms with Gasteiger partial charge in [0.15, 0.2) is 0 Å². The van der Waals surface area contributed by atoms with E-state index in [4.69, 9.17) is 4.74 Å². The summed E-state index contributed by atoms with van der Waals surface area (Å²) >= 11 is 0. The molecule has 0 heterocycles. The van der Waals surface area contributed by atoms with E-state index >= 15 is 0 Å². The van der Waals surface area contributed by atoms with Crippen molar-refractivity contribution >= 4 is 0 Å². The van der Waals surface area contributed by atoms with E-state index in [1.54, 1.807) is 0 Å².